The lowest BCUT2D eigenvalue weighted by atomic mass is 9.59. The zero-order chi connectivity index (χ0) is 62.7. The third kappa shape index (κ3) is 12.6. The number of Topliss-reactive ketones (excluding diaryl/α,β-unsaturated/α-hetero) is 1. The first-order chi connectivity index (χ1) is 44.1. The van der Waals surface area contributed by atoms with Gasteiger partial charge in [-0.1, -0.05) is 141 Å². The van der Waals surface area contributed by atoms with E-state index in [0.29, 0.717) is 77.4 Å². The number of aromatic amines is 1. The van der Waals surface area contributed by atoms with Crippen molar-refractivity contribution >= 4 is 54.7 Å². The van der Waals surface area contributed by atoms with Crippen molar-refractivity contribution in [2.45, 2.75) is 169 Å². The fourth-order valence-electron chi connectivity index (χ4n) is 19.2. The van der Waals surface area contributed by atoms with E-state index < -0.39 is 28.7 Å². The molecule has 5 aromatic rings. The Balaban J connectivity index is 0.854. The van der Waals surface area contributed by atoms with E-state index in [0.717, 1.165) is 90.6 Å². The van der Waals surface area contributed by atoms with E-state index in [1.165, 1.54) is 43.2 Å². The highest BCUT2D eigenvalue weighted by molar-refractivity contribution is 8.77. The Kier molecular flexibility index (Phi) is 18.4. The Morgan fingerprint density at radius 1 is 0.747 bits per heavy atom. The molecule has 10 N–H and O–H groups in total. The van der Waals surface area contributed by atoms with Crippen molar-refractivity contribution in [1.82, 2.24) is 4.98 Å². The summed E-state index contributed by atoms with van der Waals surface area (Å²) in [4.78, 5) is 32.4. The number of ether oxygens (including phenoxy) is 1. The molecule has 13 atom stereocenters. The zero-order valence-corrected chi connectivity index (χ0v) is 55.4. The molecule has 3 heterocycles. The Morgan fingerprint density at radius 2 is 1.58 bits per heavy atom. The molecule has 0 saturated heterocycles. The maximum Gasteiger partial charge on any atom is 0.165 e. The van der Waals surface area contributed by atoms with Crippen LogP contribution in [0, 0.1) is 64.1 Å². The number of phenols is 2. The number of allylic oxidation sites excluding steroid dienone is 3. The van der Waals surface area contributed by atoms with Gasteiger partial charge in [0.15, 0.2) is 23.1 Å². The SMILES string of the molecule is NC(N)c1cc2c3cc1CSSCC1CC4(C=CC(=O)CCc5ccc(O)c(c5)OCCc5ccc(O)c(c5)C3CC(=O)c3cc[nH]c3CC#C2)CC1(O)C1C=CC4CC2CC(O)(C3CCC4(CCCC4)C3)CCCC3C2Cc2ccccc2C(CO)C3CSS1. The number of hydrogen-bond donors (Lipinski definition) is 8. The molecule has 14 rings (SSSR count). The van der Waals surface area contributed by atoms with Crippen LogP contribution in [0.2, 0.25) is 0 Å². The van der Waals surface area contributed by atoms with Crippen LogP contribution in [-0.4, -0.2) is 83.3 Å². The number of benzene rings is 4. The van der Waals surface area contributed by atoms with E-state index >= 15 is 0 Å². The highest BCUT2D eigenvalue weighted by Crippen LogP contribution is 2.65. The number of fused-ring (bicyclic) bond motifs is 14. The van der Waals surface area contributed by atoms with Gasteiger partial charge in [0, 0.05) is 76.9 Å². The fraction of sp³-hybridized carbons (Fsp3) is 0.526. The lowest BCUT2D eigenvalue weighted by Gasteiger charge is -2.48. The van der Waals surface area contributed by atoms with Gasteiger partial charge >= 0.3 is 0 Å². The van der Waals surface area contributed by atoms with Crippen molar-refractivity contribution in [2.24, 2.45) is 63.7 Å². The minimum Gasteiger partial charge on any atom is -0.508 e. The summed E-state index contributed by atoms with van der Waals surface area (Å²) in [6.45, 7) is 0.289. The van der Waals surface area contributed by atoms with Crippen molar-refractivity contribution in [3.63, 3.8) is 0 Å². The van der Waals surface area contributed by atoms with Crippen molar-refractivity contribution < 1.29 is 39.9 Å². The predicted octanol–water partition coefficient (Wildman–Crippen LogP) is 14.2. The number of nitrogens with two attached hydrogens (primary N) is 2. The summed E-state index contributed by atoms with van der Waals surface area (Å²) in [5, 5.41) is 62.1. The molecule has 4 fully saturated rings. The normalized spacial score (nSPS) is 33.3. The molecule has 91 heavy (non-hydrogen) atoms. The molecule has 0 amide bonds. The summed E-state index contributed by atoms with van der Waals surface area (Å²) in [5.74, 6) is 9.45. The third-order valence-corrected chi connectivity index (χ3v) is 29.2. The van der Waals surface area contributed by atoms with Gasteiger partial charge in [-0.2, -0.15) is 0 Å². The first-order valence-corrected chi connectivity index (χ1v) is 38.7. The van der Waals surface area contributed by atoms with Gasteiger partial charge in [0.2, 0.25) is 0 Å². The number of aliphatic hydroxyl groups is 3. The number of aryl methyl sites for hydroxylation is 1. The topological polar surface area (TPSA) is 212 Å². The summed E-state index contributed by atoms with van der Waals surface area (Å²) < 4.78 is 6.32. The van der Waals surface area contributed by atoms with Gasteiger partial charge < -0.3 is 46.7 Å². The first kappa shape index (κ1) is 63.5. The van der Waals surface area contributed by atoms with Gasteiger partial charge in [-0.15, -0.1) is 0 Å². The smallest absolute Gasteiger partial charge is 0.165 e. The summed E-state index contributed by atoms with van der Waals surface area (Å²) >= 11 is 0. The number of carbonyl (C=O) groups is 2. The largest absolute Gasteiger partial charge is 0.508 e. The Bertz CT molecular complexity index is 3680. The van der Waals surface area contributed by atoms with Crippen LogP contribution in [-0.2, 0) is 36.2 Å². The molecule has 1 aromatic heterocycles. The molecule has 480 valence electrons. The maximum absolute atomic E-state index is 14.7. The molecule has 11 nitrogen and oxygen atoms in total. The van der Waals surface area contributed by atoms with Gasteiger partial charge in [-0.25, -0.2) is 0 Å². The molecule has 9 aliphatic rings. The van der Waals surface area contributed by atoms with E-state index in [-0.39, 0.29) is 95.8 Å². The highest BCUT2D eigenvalue weighted by Gasteiger charge is 2.61. The zero-order valence-electron chi connectivity index (χ0n) is 52.2. The fourth-order valence-corrected chi connectivity index (χ4v) is 25.0. The number of aromatic nitrogens is 1. The average Bonchev–Trinajstić information content (AvgIpc) is 1.59. The van der Waals surface area contributed by atoms with Crippen LogP contribution in [0.5, 0.6) is 17.2 Å². The van der Waals surface area contributed by atoms with Gasteiger partial charge in [-0.05, 0) is 211 Å². The molecular weight excluding hydrogens is 1210 g/mol. The van der Waals surface area contributed by atoms with Crippen molar-refractivity contribution in [3.05, 3.63) is 171 Å². The number of nitrogens with one attached hydrogen (secondary N) is 1. The molecule has 4 aromatic carbocycles. The second-order valence-corrected chi connectivity index (χ2v) is 34.0. The summed E-state index contributed by atoms with van der Waals surface area (Å²) in [6.07, 6.45) is 26.3. The number of ketones is 2. The van der Waals surface area contributed by atoms with Gasteiger partial charge in [-0.3, -0.25) is 9.59 Å². The minimum atomic E-state index is -1.15. The van der Waals surface area contributed by atoms with E-state index in [4.69, 9.17) is 16.2 Å². The predicted molar refractivity (Wildman–Crippen MR) is 368 cm³/mol. The van der Waals surface area contributed by atoms with E-state index in [9.17, 15) is 35.1 Å². The third-order valence-electron chi connectivity index (χ3n) is 23.9. The van der Waals surface area contributed by atoms with Crippen LogP contribution in [0.4, 0.5) is 0 Å². The van der Waals surface area contributed by atoms with Crippen LogP contribution in [0.1, 0.15) is 187 Å². The Labute approximate surface area is 552 Å². The van der Waals surface area contributed by atoms with Crippen molar-refractivity contribution in [1.29, 1.82) is 0 Å². The summed E-state index contributed by atoms with van der Waals surface area (Å²) in [5.41, 5.74) is 20.6. The molecular formula is C76H89N3O8S4. The van der Waals surface area contributed by atoms with Crippen LogP contribution in [0.25, 0.3) is 0 Å². The molecule has 2 aliphatic heterocycles. The standard InChI is InChI=1S/C76H89N3O8S4/c77-72(78)61-35-49-8-5-11-66-58(22-29-79-66)69(84)37-62-59(49)36-51(61)42-88-89-43-54-40-74(28-21-55(81)16-12-46-14-18-68(83)70(32-46)87-30-23-47-13-17-67(82)63(62)31-47)45-76(54,86)71-19-15-52(74)33-50-38-75(85,53-20-27-73(39-53)24-3-4-25-73)26-6-10-57-60(50)34-48-7-1-2-9-56(48)64(41-80)65(57)44-90-91-71/h1-2,7,9,13-15,17-19,21-22,28-29,31-32,35-36,50,52-54,57,60,62,64-65,71-72,79-80,82-83,85-86H,3-4,6,10-12,16,20,23-27,30,33-34,37-45,77-78H2. The highest BCUT2D eigenvalue weighted by atomic mass is 33.1. The molecule has 7 aliphatic carbocycles. The monoisotopic (exact) mass is 1300 g/mol. The summed E-state index contributed by atoms with van der Waals surface area (Å²) in [7, 11) is 7.11. The maximum atomic E-state index is 14.7. The van der Waals surface area contributed by atoms with Crippen LogP contribution in [0.3, 0.4) is 0 Å². The molecule has 15 heteroatoms. The van der Waals surface area contributed by atoms with Gasteiger partial charge in [0.1, 0.15) is 5.75 Å². The van der Waals surface area contributed by atoms with Crippen LogP contribution >= 0.6 is 43.2 Å². The number of aliphatic hydroxyl groups excluding tert-OH is 1. The summed E-state index contributed by atoms with van der Waals surface area (Å²) in [6, 6.07) is 25.5. The van der Waals surface area contributed by atoms with E-state index in [1.54, 1.807) is 50.7 Å². The molecule has 0 radical (unpaired) electrons. The second kappa shape index (κ2) is 26.4. The van der Waals surface area contributed by atoms with E-state index in [2.05, 4.69) is 65.4 Å². The van der Waals surface area contributed by atoms with E-state index in [1.807, 2.05) is 53.3 Å². The number of H-pyrrole nitrogens is 1. The molecule has 2 spiro atoms. The minimum absolute atomic E-state index is 0.00281. The van der Waals surface area contributed by atoms with Crippen LogP contribution < -0.4 is 16.2 Å². The number of hydrogen-bond acceptors (Lipinski definition) is 14. The quantitative estimate of drug-likeness (QED) is 0.0366. The first-order valence-electron chi connectivity index (χ1n) is 33.8. The molecule has 13 unspecified atom stereocenters. The van der Waals surface area contributed by atoms with Crippen molar-refractivity contribution in [3.8, 4) is 29.1 Å². The second-order valence-electron chi connectivity index (χ2n) is 29.0. The lowest BCUT2D eigenvalue weighted by Crippen LogP contribution is -2.46. The Morgan fingerprint density at radius 3 is 2.43 bits per heavy atom. The molecule has 15 bridgehead atoms. The van der Waals surface area contributed by atoms with Crippen LogP contribution in [0.15, 0.2) is 109 Å². The van der Waals surface area contributed by atoms with Gasteiger partial charge in [0.25, 0.3) is 0 Å². The Hall–Kier alpha value is -4.86. The van der Waals surface area contributed by atoms with Crippen molar-refractivity contribution in [2.75, 3.05) is 24.7 Å². The number of phenolic OH excluding ortho intramolecular Hbond substituents is 2. The molecule has 4 saturated carbocycles. The average molecular weight is 1300 g/mol. The van der Waals surface area contributed by atoms with Gasteiger partial charge in [0.05, 0.1) is 42.3 Å². The lowest BCUT2D eigenvalue weighted by molar-refractivity contribution is -0.114. The number of rotatable bonds is 3. The number of aromatic hydroxyl groups is 2. The number of carbonyl (C=O) groups excluding carboxylic acids is 2.